The summed E-state index contributed by atoms with van der Waals surface area (Å²) in [6.07, 6.45) is 2.14. The van der Waals surface area contributed by atoms with Gasteiger partial charge in [-0.25, -0.2) is 18.4 Å². The number of aromatic nitrogens is 2. The maximum atomic E-state index is 11.4. The molecule has 1 aliphatic heterocycles. The molecule has 2 rings (SSSR count). The Labute approximate surface area is 88.9 Å². The minimum atomic E-state index is -2.92. The van der Waals surface area contributed by atoms with Crippen molar-refractivity contribution in [3.63, 3.8) is 0 Å². The molecule has 6 heteroatoms. The van der Waals surface area contributed by atoms with Crippen molar-refractivity contribution < 1.29 is 8.42 Å². The van der Waals surface area contributed by atoms with Crippen LogP contribution in [-0.4, -0.2) is 31.2 Å². The largest absolute Gasteiger partial charge is 0.313 e. The molecule has 0 radical (unpaired) electrons. The minimum absolute atomic E-state index is 0.0855. The van der Waals surface area contributed by atoms with Gasteiger partial charge < -0.3 is 5.32 Å². The number of fused-ring (bicyclic) bond motifs is 1. The second-order valence-corrected chi connectivity index (χ2v) is 5.81. The Morgan fingerprint density at radius 2 is 2.33 bits per heavy atom. The van der Waals surface area contributed by atoms with E-state index < -0.39 is 9.84 Å². The van der Waals surface area contributed by atoms with Crippen molar-refractivity contribution >= 4 is 9.84 Å². The summed E-state index contributed by atoms with van der Waals surface area (Å²) in [5.41, 5.74) is 1.63. The third kappa shape index (κ3) is 2.32. The molecule has 1 N–H and O–H groups in total. The van der Waals surface area contributed by atoms with E-state index in [1.807, 2.05) is 7.05 Å². The zero-order chi connectivity index (χ0) is 10.9. The number of nitrogens with zero attached hydrogens (tertiary/aromatic N) is 2. The van der Waals surface area contributed by atoms with Crippen molar-refractivity contribution in [1.82, 2.24) is 15.3 Å². The Morgan fingerprint density at radius 3 is 3.07 bits per heavy atom. The average Bonchev–Trinajstić information content (AvgIpc) is 2.18. The number of hydrogen-bond donors (Lipinski definition) is 1. The molecule has 0 aromatic carbocycles. The Bertz CT molecular complexity index is 470. The number of rotatable bonds is 2. The van der Waals surface area contributed by atoms with Gasteiger partial charge in [0.15, 0.2) is 9.84 Å². The number of nitrogens with one attached hydrogen (secondary N) is 1. The molecule has 82 valence electrons. The van der Waals surface area contributed by atoms with Crippen LogP contribution in [0.2, 0.25) is 0 Å². The summed E-state index contributed by atoms with van der Waals surface area (Å²) in [5, 5.41) is 2.96. The zero-order valence-electron chi connectivity index (χ0n) is 8.52. The lowest BCUT2D eigenvalue weighted by Crippen LogP contribution is -2.22. The van der Waals surface area contributed by atoms with Crippen LogP contribution in [0.4, 0.5) is 0 Å². The van der Waals surface area contributed by atoms with Gasteiger partial charge in [-0.1, -0.05) is 0 Å². The molecular weight excluding hydrogens is 214 g/mol. The second-order valence-electron chi connectivity index (χ2n) is 3.63. The monoisotopic (exact) mass is 227 g/mol. The highest BCUT2D eigenvalue weighted by Gasteiger charge is 2.22. The van der Waals surface area contributed by atoms with Crippen molar-refractivity contribution in [2.45, 2.75) is 18.7 Å². The molecule has 0 spiro atoms. The normalized spacial score (nSPS) is 18.5. The van der Waals surface area contributed by atoms with E-state index in [1.165, 1.54) is 0 Å². The Hall–Kier alpha value is -1.01. The van der Waals surface area contributed by atoms with Gasteiger partial charge in [0, 0.05) is 23.9 Å². The first-order valence-electron chi connectivity index (χ1n) is 4.79. The van der Waals surface area contributed by atoms with Gasteiger partial charge in [-0.05, 0) is 7.05 Å². The van der Waals surface area contributed by atoms with Crippen molar-refractivity contribution in [2.75, 3.05) is 12.8 Å². The van der Waals surface area contributed by atoms with E-state index in [2.05, 4.69) is 15.3 Å². The Kier molecular flexibility index (Phi) is 2.70. The SMILES string of the molecule is CNCc1ncc2c(n1)CCS(=O)(=O)C2. The lowest BCUT2D eigenvalue weighted by atomic mass is 10.2. The van der Waals surface area contributed by atoms with Gasteiger partial charge in [0.25, 0.3) is 0 Å². The van der Waals surface area contributed by atoms with Crippen LogP contribution in [0.15, 0.2) is 6.20 Å². The lowest BCUT2D eigenvalue weighted by Gasteiger charge is -2.15. The van der Waals surface area contributed by atoms with E-state index in [0.717, 1.165) is 17.1 Å². The van der Waals surface area contributed by atoms with Gasteiger partial charge in [0.05, 0.1) is 18.1 Å². The van der Waals surface area contributed by atoms with E-state index in [4.69, 9.17) is 0 Å². The van der Waals surface area contributed by atoms with Crippen LogP contribution < -0.4 is 5.32 Å². The molecule has 0 atom stereocenters. The highest BCUT2D eigenvalue weighted by atomic mass is 32.2. The molecule has 1 aliphatic rings. The fourth-order valence-electron chi connectivity index (χ4n) is 1.62. The van der Waals surface area contributed by atoms with Gasteiger partial charge in [-0.2, -0.15) is 0 Å². The summed E-state index contributed by atoms with van der Waals surface area (Å²) in [4.78, 5) is 8.44. The number of hydrogen-bond acceptors (Lipinski definition) is 5. The van der Waals surface area contributed by atoms with E-state index >= 15 is 0 Å². The second kappa shape index (κ2) is 3.86. The molecule has 5 nitrogen and oxygen atoms in total. The fourth-order valence-corrected chi connectivity index (χ4v) is 2.99. The summed E-state index contributed by atoms with van der Waals surface area (Å²) in [6.45, 7) is 0.611. The van der Waals surface area contributed by atoms with Crippen molar-refractivity contribution in [2.24, 2.45) is 0 Å². The molecule has 0 saturated heterocycles. The van der Waals surface area contributed by atoms with E-state index in [-0.39, 0.29) is 11.5 Å². The van der Waals surface area contributed by atoms with Crippen LogP contribution in [0.5, 0.6) is 0 Å². The minimum Gasteiger partial charge on any atom is -0.313 e. The van der Waals surface area contributed by atoms with Gasteiger partial charge >= 0.3 is 0 Å². The van der Waals surface area contributed by atoms with Gasteiger partial charge in [0.1, 0.15) is 5.82 Å². The molecule has 0 fully saturated rings. The summed E-state index contributed by atoms with van der Waals surface area (Å²) < 4.78 is 22.7. The smallest absolute Gasteiger partial charge is 0.154 e. The van der Waals surface area contributed by atoms with Crippen LogP contribution >= 0.6 is 0 Å². The van der Waals surface area contributed by atoms with Crippen molar-refractivity contribution in [3.8, 4) is 0 Å². The molecule has 0 aliphatic carbocycles. The van der Waals surface area contributed by atoms with Crippen LogP contribution in [0.3, 0.4) is 0 Å². The molecule has 0 saturated carbocycles. The van der Waals surface area contributed by atoms with E-state index in [0.29, 0.717) is 13.0 Å². The van der Waals surface area contributed by atoms with Crippen LogP contribution in [-0.2, 0) is 28.6 Å². The first-order valence-corrected chi connectivity index (χ1v) is 6.61. The van der Waals surface area contributed by atoms with Crippen molar-refractivity contribution in [3.05, 3.63) is 23.3 Å². The summed E-state index contributed by atoms with van der Waals surface area (Å²) in [5.74, 6) is 1.01. The van der Waals surface area contributed by atoms with Crippen molar-refractivity contribution in [1.29, 1.82) is 0 Å². The van der Waals surface area contributed by atoms with Crippen LogP contribution in [0.25, 0.3) is 0 Å². The first kappa shape index (κ1) is 10.5. The zero-order valence-corrected chi connectivity index (χ0v) is 9.34. The quantitative estimate of drug-likeness (QED) is 0.749. The van der Waals surface area contributed by atoms with Gasteiger partial charge in [0.2, 0.25) is 0 Å². The first-order chi connectivity index (χ1) is 7.11. The maximum absolute atomic E-state index is 11.4. The van der Waals surface area contributed by atoms with Gasteiger partial charge in [-0.3, -0.25) is 0 Å². The predicted octanol–water partition coefficient (Wildman–Crippen LogP) is -0.333. The van der Waals surface area contributed by atoms with Crippen LogP contribution in [0.1, 0.15) is 17.1 Å². The molecular formula is C9H13N3O2S. The third-order valence-corrected chi connectivity index (χ3v) is 3.94. The molecule has 2 heterocycles. The highest BCUT2D eigenvalue weighted by Crippen LogP contribution is 2.17. The third-order valence-electron chi connectivity index (χ3n) is 2.36. The molecule has 0 bridgehead atoms. The molecule has 0 amide bonds. The number of sulfone groups is 1. The van der Waals surface area contributed by atoms with E-state index in [9.17, 15) is 8.42 Å². The topological polar surface area (TPSA) is 72.0 Å². The lowest BCUT2D eigenvalue weighted by molar-refractivity contribution is 0.589. The molecule has 1 aromatic heterocycles. The Balaban J connectivity index is 2.32. The standard InChI is InChI=1S/C9H13N3O2S/c1-10-5-9-11-4-7-6-15(13,14)3-2-8(7)12-9/h4,10H,2-3,5-6H2,1H3. The Morgan fingerprint density at radius 1 is 1.53 bits per heavy atom. The summed E-state index contributed by atoms with van der Waals surface area (Å²) in [6, 6.07) is 0. The maximum Gasteiger partial charge on any atom is 0.154 e. The molecule has 0 unspecified atom stereocenters. The summed E-state index contributed by atoms with van der Waals surface area (Å²) in [7, 11) is -1.09. The van der Waals surface area contributed by atoms with E-state index in [1.54, 1.807) is 6.20 Å². The number of aryl methyl sites for hydroxylation is 1. The van der Waals surface area contributed by atoms with Crippen LogP contribution in [0, 0.1) is 0 Å². The predicted molar refractivity (Wildman–Crippen MR) is 56.0 cm³/mol. The van der Waals surface area contributed by atoms with Gasteiger partial charge in [-0.15, -0.1) is 0 Å². The highest BCUT2D eigenvalue weighted by molar-refractivity contribution is 7.90. The summed E-state index contributed by atoms with van der Waals surface area (Å²) >= 11 is 0. The fraction of sp³-hybridized carbons (Fsp3) is 0.556. The molecule has 15 heavy (non-hydrogen) atoms. The molecule has 1 aromatic rings. The average molecular weight is 227 g/mol.